The van der Waals surface area contributed by atoms with Crippen LogP contribution in [-0.4, -0.2) is 43.7 Å². The Morgan fingerprint density at radius 1 is 1.32 bits per heavy atom. The maximum atomic E-state index is 12.9. The van der Waals surface area contributed by atoms with Gasteiger partial charge in [0.2, 0.25) is 0 Å². The number of carbonyl (C=O) groups excluding carboxylic acids is 2. The molecular weight excluding hydrogens is 422 g/mol. The molecule has 1 aromatic carbocycles. The molecule has 0 unspecified atom stereocenters. The number of halogens is 1. The zero-order chi connectivity index (χ0) is 20.7. The number of aliphatic imine (C=N–C) groups is 1. The van der Waals surface area contributed by atoms with Crippen molar-refractivity contribution in [3.05, 3.63) is 57.7 Å². The van der Waals surface area contributed by atoms with Crippen molar-refractivity contribution in [1.82, 2.24) is 4.90 Å². The number of hydrogen-bond acceptors (Lipinski definition) is 5. The van der Waals surface area contributed by atoms with Gasteiger partial charge < -0.3 is 9.64 Å². The minimum atomic E-state index is -0.604. The largest absolute Gasteiger partial charge is 0.465 e. The Balaban J connectivity index is 2.21. The fraction of sp³-hybridized carbons (Fsp3) is 0.333. The standard InChI is InChI=1S/C21H22BrN3O3/c1-15(22)17(20(27)28-3)13-18(24-2)19(26)25-11-9-21(14-23,10-12-25)16-7-5-4-6-8-16/h4-8,13H,2,9-12H2,1,3H3/b17-15-,18-13-. The molecule has 6 nitrogen and oxygen atoms in total. The third kappa shape index (κ3) is 4.57. The SMILES string of the molecule is C=N/C(=C\C(C(=O)OC)=C(/C)Br)C(=O)N1CCC(C#N)(c2ccccc2)CC1. The Bertz CT molecular complexity index is 857. The number of carbonyl (C=O) groups is 2. The van der Waals surface area contributed by atoms with Crippen LogP contribution in [-0.2, 0) is 19.7 Å². The van der Waals surface area contributed by atoms with E-state index in [9.17, 15) is 14.9 Å². The van der Waals surface area contributed by atoms with E-state index in [0.29, 0.717) is 30.4 Å². The first kappa shape index (κ1) is 21.6. The van der Waals surface area contributed by atoms with Crippen LogP contribution in [0.5, 0.6) is 0 Å². The van der Waals surface area contributed by atoms with Gasteiger partial charge in [-0.1, -0.05) is 46.3 Å². The predicted octanol–water partition coefficient (Wildman–Crippen LogP) is 3.50. The summed E-state index contributed by atoms with van der Waals surface area (Å²) in [6.45, 7) is 5.97. The van der Waals surface area contributed by atoms with E-state index in [1.807, 2.05) is 30.3 Å². The highest BCUT2D eigenvalue weighted by molar-refractivity contribution is 9.11. The van der Waals surface area contributed by atoms with Crippen LogP contribution in [0.2, 0.25) is 0 Å². The summed E-state index contributed by atoms with van der Waals surface area (Å²) in [6.07, 6.45) is 2.43. The molecule has 0 radical (unpaired) electrons. The lowest BCUT2D eigenvalue weighted by atomic mass is 9.74. The molecule has 1 heterocycles. The molecule has 0 atom stereocenters. The van der Waals surface area contributed by atoms with Gasteiger partial charge in [-0.25, -0.2) is 4.79 Å². The van der Waals surface area contributed by atoms with Gasteiger partial charge in [0, 0.05) is 17.6 Å². The second-order valence-electron chi connectivity index (χ2n) is 6.48. The van der Waals surface area contributed by atoms with Crippen LogP contribution in [0.15, 0.2) is 57.2 Å². The highest BCUT2D eigenvalue weighted by Gasteiger charge is 2.38. The molecule has 1 amide bonds. The number of allylic oxidation sites excluding steroid dienone is 1. The van der Waals surface area contributed by atoms with Crippen molar-refractivity contribution >= 4 is 34.5 Å². The summed E-state index contributed by atoms with van der Waals surface area (Å²) in [5, 5.41) is 9.79. The van der Waals surface area contributed by atoms with Gasteiger partial charge in [-0.15, -0.1) is 0 Å². The van der Waals surface area contributed by atoms with Crippen molar-refractivity contribution in [3.8, 4) is 6.07 Å². The van der Waals surface area contributed by atoms with Crippen LogP contribution in [0.3, 0.4) is 0 Å². The molecule has 0 aliphatic carbocycles. The van der Waals surface area contributed by atoms with E-state index in [4.69, 9.17) is 4.74 Å². The summed E-state index contributed by atoms with van der Waals surface area (Å²) in [5.74, 6) is -0.903. The number of piperidine rings is 1. The van der Waals surface area contributed by atoms with Gasteiger partial charge in [-0.3, -0.25) is 9.79 Å². The fourth-order valence-electron chi connectivity index (χ4n) is 3.20. The number of likely N-dealkylation sites (tertiary alicyclic amines) is 1. The summed E-state index contributed by atoms with van der Waals surface area (Å²) in [5.41, 5.74) is 0.620. The van der Waals surface area contributed by atoms with Gasteiger partial charge >= 0.3 is 5.97 Å². The molecule has 0 bridgehead atoms. The number of methoxy groups -OCH3 is 1. The summed E-state index contributed by atoms with van der Waals surface area (Å²) < 4.78 is 5.27. The normalized spacial score (nSPS) is 17.2. The molecule has 2 rings (SSSR count). The molecule has 28 heavy (non-hydrogen) atoms. The molecule has 7 heteroatoms. The second kappa shape index (κ2) is 9.47. The quantitative estimate of drug-likeness (QED) is 0.301. The molecule has 146 valence electrons. The minimum Gasteiger partial charge on any atom is -0.465 e. The number of amides is 1. The first-order valence-electron chi connectivity index (χ1n) is 8.77. The third-order valence-electron chi connectivity index (χ3n) is 4.89. The van der Waals surface area contributed by atoms with Gasteiger partial charge in [0.25, 0.3) is 5.91 Å². The lowest BCUT2D eigenvalue weighted by Gasteiger charge is -2.37. The summed E-state index contributed by atoms with van der Waals surface area (Å²) in [4.78, 5) is 30.2. The Labute approximate surface area is 173 Å². The maximum absolute atomic E-state index is 12.9. The Morgan fingerprint density at radius 3 is 2.39 bits per heavy atom. The summed E-state index contributed by atoms with van der Waals surface area (Å²) in [6, 6.07) is 12.1. The number of rotatable bonds is 5. The fourth-order valence-corrected chi connectivity index (χ4v) is 3.47. The van der Waals surface area contributed by atoms with Gasteiger partial charge in [-0.2, -0.15) is 5.26 Å². The van der Waals surface area contributed by atoms with Gasteiger partial charge in [-0.05, 0) is 38.1 Å². The molecule has 1 fully saturated rings. The third-order valence-corrected chi connectivity index (χ3v) is 5.32. The average Bonchev–Trinajstić information content (AvgIpc) is 2.74. The van der Waals surface area contributed by atoms with E-state index in [1.54, 1.807) is 11.8 Å². The van der Waals surface area contributed by atoms with Crippen molar-refractivity contribution in [1.29, 1.82) is 5.26 Å². The first-order chi connectivity index (χ1) is 13.4. The number of ether oxygens (including phenoxy) is 1. The Kier molecular flexibility index (Phi) is 7.30. The molecule has 0 spiro atoms. The second-order valence-corrected chi connectivity index (χ2v) is 7.67. The van der Waals surface area contributed by atoms with Crippen molar-refractivity contribution in [2.24, 2.45) is 4.99 Å². The number of hydrogen-bond donors (Lipinski definition) is 0. The van der Waals surface area contributed by atoms with Crippen molar-refractivity contribution in [2.45, 2.75) is 25.2 Å². The van der Waals surface area contributed by atoms with Crippen LogP contribution in [0.4, 0.5) is 0 Å². The first-order valence-corrected chi connectivity index (χ1v) is 9.57. The molecule has 0 N–H and O–H groups in total. The molecule has 1 aliphatic heterocycles. The van der Waals surface area contributed by atoms with E-state index < -0.39 is 11.4 Å². The number of esters is 1. The van der Waals surface area contributed by atoms with Gasteiger partial charge in [0.15, 0.2) is 0 Å². The Hall–Kier alpha value is -2.72. The van der Waals surface area contributed by atoms with E-state index in [1.165, 1.54) is 13.2 Å². The molecule has 1 aromatic rings. The van der Waals surface area contributed by atoms with Crippen LogP contribution < -0.4 is 0 Å². The maximum Gasteiger partial charge on any atom is 0.338 e. The van der Waals surface area contributed by atoms with E-state index in [-0.39, 0.29) is 17.2 Å². The topological polar surface area (TPSA) is 82.8 Å². The van der Waals surface area contributed by atoms with E-state index in [0.717, 1.165) is 5.56 Å². The highest BCUT2D eigenvalue weighted by Crippen LogP contribution is 2.35. The number of nitriles is 1. The predicted molar refractivity (Wildman–Crippen MR) is 111 cm³/mol. The molecule has 1 saturated heterocycles. The lowest BCUT2D eigenvalue weighted by molar-refractivity contribution is -0.135. The van der Waals surface area contributed by atoms with Crippen LogP contribution in [0.25, 0.3) is 0 Å². The average molecular weight is 444 g/mol. The summed E-state index contributed by atoms with van der Waals surface area (Å²) >= 11 is 3.25. The molecule has 0 saturated carbocycles. The van der Waals surface area contributed by atoms with Crippen LogP contribution in [0, 0.1) is 11.3 Å². The van der Waals surface area contributed by atoms with Crippen molar-refractivity contribution in [2.75, 3.05) is 20.2 Å². The number of nitrogens with zero attached hydrogens (tertiary/aromatic N) is 3. The van der Waals surface area contributed by atoms with E-state index in [2.05, 4.69) is 33.7 Å². The minimum absolute atomic E-state index is 0.0587. The van der Waals surface area contributed by atoms with Crippen molar-refractivity contribution in [3.63, 3.8) is 0 Å². The van der Waals surface area contributed by atoms with E-state index >= 15 is 0 Å². The zero-order valence-electron chi connectivity index (χ0n) is 15.9. The van der Waals surface area contributed by atoms with Crippen LogP contribution in [0.1, 0.15) is 25.3 Å². The molecule has 1 aliphatic rings. The highest BCUT2D eigenvalue weighted by atomic mass is 79.9. The smallest absolute Gasteiger partial charge is 0.338 e. The summed E-state index contributed by atoms with van der Waals surface area (Å²) in [7, 11) is 1.27. The Morgan fingerprint density at radius 2 is 1.93 bits per heavy atom. The molecule has 0 aromatic heterocycles. The lowest BCUT2D eigenvalue weighted by Crippen LogP contribution is -2.45. The number of benzene rings is 1. The molecular formula is C21H22BrN3O3. The van der Waals surface area contributed by atoms with Crippen LogP contribution >= 0.6 is 15.9 Å². The van der Waals surface area contributed by atoms with Crippen molar-refractivity contribution < 1.29 is 14.3 Å². The monoisotopic (exact) mass is 443 g/mol. The van der Waals surface area contributed by atoms with Gasteiger partial charge in [0.05, 0.1) is 24.2 Å². The zero-order valence-corrected chi connectivity index (χ0v) is 17.5. The van der Waals surface area contributed by atoms with Gasteiger partial charge in [0.1, 0.15) is 5.70 Å².